The van der Waals surface area contributed by atoms with E-state index >= 15 is 0 Å². The average molecular weight is 486 g/mol. The largest absolute Gasteiger partial charge is 0.325 e. The smallest absolute Gasteiger partial charge is 0.270 e. The summed E-state index contributed by atoms with van der Waals surface area (Å²) in [5.74, 6) is -0.241. The molecule has 0 atom stereocenters. The Kier molecular flexibility index (Phi) is 6.28. The Hall–Kier alpha value is -2.81. The molecule has 1 amide bonds. The number of aromatic nitrogens is 2. The van der Waals surface area contributed by atoms with E-state index in [0.29, 0.717) is 21.7 Å². The number of hydrogen-bond acceptors (Lipinski definition) is 5. The summed E-state index contributed by atoms with van der Waals surface area (Å²) in [5.41, 5.74) is 3.77. The third-order valence-electron chi connectivity index (χ3n) is 4.68. The third-order valence-corrected chi connectivity index (χ3v) is 7.70. The highest BCUT2D eigenvalue weighted by Crippen LogP contribution is 2.29. The van der Waals surface area contributed by atoms with Crippen LogP contribution < -0.4 is 5.32 Å². The number of carbonyl (C=O) groups is 1. The first-order valence-electron chi connectivity index (χ1n) is 9.73. The van der Waals surface area contributed by atoms with E-state index in [1.807, 2.05) is 32.0 Å². The summed E-state index contributed by atoms with van der Waals surface area (Å²) >= 11 is 6.99. The van der Waals surface area contributed by atoms with Gasteiger partial charge in [0.15, 0.2) is 5.16 Å². The summed E-state index contributed by atoms with van der Waals surface area (Å²) in [6.07, 6.45) is 0. The SMILES string of the molecule is Cc1cc(C)cc(NC(=O)CSc2nc3ccccc3n2S(=O)(=O)c2ccc(Cl)cc2)c1. The highest BCUT2D eigenvalue weighted by Gasteiger charge is 2.25. The van der Waals surface area contributed by atoms with Crippen LogP contribution in [0.5, 0.6) is 0 Å². The van der Waals surface area contributed by atoms with Crippen LogP contribution in [0.25, 0.3) is 11.0 Å². The van der Waals surface area contributed by atoms with Crippen molar-refractivity contribution in [3.05, 3.63) is 82.9 Å². The molecule has 0 spiro atoms. The number of nitrogens with one attached hydrogen (secondary N) is 1. The molecule has 0 saturated heterocycles. The van der Waals surface area contributed by atoms with Gasteiger partial charge in [-0.1, -0.05) is 41.6 Å². The third kappa shape index (κ3) is 4.67. The molecule has 1 N–H and O–H groups in total. The van der Waals surface area contributed by atoms with Crippen LogP contribution in [-0.2, 0) is 14.8 Å². The van der Waals surface area contributed by atoms with Crippen molar-refractivity contribution in [1.29, 1.82) is 0 Å². The van der Waals surface area contributed by atoms with Gasteiger partial charge in [-0.05, 0) is 73.5 Å². The molecule has 6 nitrogen and oxygen atoms in total. The van der Waals surface area contributed by atoms with Crippen LogP contribution in [0.3, 0.4) is 0 Å². The average Bonchev–Trinajstić information content (AvgIpc) is 3.11. The molecule has 32 heavy (non-hydrogen) atoms. The van der Waals surface area contributed by atoms with Crippen molar-refractivity contribution in [3.8, 4) is 0 Å². The predicted octanol–water partition coefficient (Wildman–Crippen LogP) is 5.27. The van der Waals surface area contributed by atoms with Crippen molar-refractivity contribution in [2.75, 3.05) is 11.1 Å². The number of hydrogen-bond donors (Lipinski definition) is 1. The highest BCUT2D eigenvalue weighted by atomic mass is 35.5. The molecule has 0 bridgehead atoms. The molecule has 9 heteroatoms. The second-order valence-corrected chi connectivity index (χ2v) is 10.5. The normalized spacial score (nSPS) is 11.6. The number of rotatable bonds is 6. The van der Waals surface area contributed by atoms with Crippen molar-refractivity contribution in [2.24, 2.45) is 0 Å². The number of amides is 1. The van der Waals surface area contributed by atoms with E-state index in [4.69, 9.17) is 11.6 Å². The van der Waals surface area contributed by atoms with Gasteiger partial charge in [0.1, 0.15) is 0 Å². The standard InChI is InChI=1S/C23H20ClN3O3S2/c1-15-11-16(2)13-18(12-15)25-22(28)14-31-23-26-20-5-3-4-6-21(20)27(23)32(29,30)19-9-7-17(24)8-10-19/h3-13H,14H2,1-2H3,(H,25,28). The maximum absolute atomic E-state index is 13.4. The molecule has 0 aliphatic carbocycles. The Balaban J connectivity index is 1.64. The topological polar surface area (TPSA) is 81.1 Å². The van der Waals surface area contributed by atoms with Crippen molar-refractivity contribution in [3.63, 3.8) is 0 Å². The van der Waals surface area contributed by atoms with Gasteiger partial charge >= 0.3 is 0 Å². The summed E-state index contributed by atoms with van der Waals surface area (Å²) < 4.78 is 28.0. The number of carbonyl (C=O) groups excluding carboxylic acids is 1. The van der Waals surface area contributed by atoms with Crippen molar-refractivity contribution in [1.82, 2.24) is 8.96 Å². The molecule has 0 unspecified atom stereocenters. The Morgan fingerprint density at radius 3 is 2.38 bits per heavy atom. The zero-order valence-electron chi connectivity index (χ0n) is 17.4. The molecule has 0 radical (unpaired) electrons. The summed E-state index contributed by atoms with van der Waals surface area (Å²) in [7, 11) is -3.94. The number of nitrogens with zero attached hydrogens (tertiary/aromatic N) is 2. The number of thioether (sulfide) groups is 1. The van der Waals surface area contributed by atoms with E-state index in [0.717, 1.165) is 22.9 Å². The van der Waals surface area contributed by atoms with Gasteiger partial charge in [0, 0.05) is 10.7 Å². The monoisotopic (exact) mass is 485 g/mol. The zero-order chi connectivity index (χ0) is 22.9. The first-order chi connectivity index (χ1) is 15.2. The first kappa shape index (κ1) is 22.4. The fourth-order valence-electron chi connectivity index (χ4n) is 3.39. The van der Waals surface area contributed by atoms with E-state index in [1.54, 1.807) is 24.3 Å². The summed E-state index contributed by atoms with van der Waals surface area (Å²) in [4.78, 5) is 17.1. The molecule has 164 valence electrons. The minimum atomic E-state index is -3.94. The molecule has 4 rings (SSSR count). The molecular weight excluding hydrogens is 466 g/mol. The van der Waals surface area contributed by atoms with Gasteiger partial charge in [0.25, 0.3) is 10.0 Å². The summed E-state index contributed by atoms with van der Waals surface area (Å²) in [6, 6.07) is 18.7. The van der Waals surface area contributed by atoms with E-state index in [9.17, 15) is 13.2 Å². The maximum Gasteiger partial charge on any atom is 0.270 e. The number of fused-ring (bicyclic) bond motifs is 1. The quantitative estimate of drug-likeness (QED) is 0.376. The second-order valence-electron chi connectivity index (χ2n) is 7.32. The van der Waals surface area contributed by atoms with Gasteiger partial charge in [-0.25, -0.2) is 17.4 Å². The van der Waals surface area contributed by atoms with E-state index in [1.165, 1.54) is 28.2 Å². The van der Waals surface area contributed by atoms with Crippen molar-refractivity contribution in [2.45, 2.75) is 23.9 Å². The fraction of sp³-hybridized carbons (Fsp3) is 0.130. The summed E-state index contributed by atoms with van der Waals surface area (Å²) in [6.45, 7) is 3.92. The highest BCUT2D eigenvalue weighted by molar-refractivity contribution is 8.00. The number of para-hydroxylation sites is 2. The molecule has 0 aliphatic rings. The van der Waals surface area contributed by atoms with E-state index in [2.05, 4.69) is 10.3 Å². The lowest BCUT2D eigenvalue weighted by Gasteiger charge is -2.11. The molecule has 3 aromatic carbocycles. The van der Waals surface area contributed by atoms with E-state index < -0.39 is 10.0 Å². The number of imidazole rings is 1. The molecule has 1 aromatic heterocycles. The van der Waals surface area contributed by atoms with Gasteiger partial charge in [-0.15, -0.1) is 0 Å². The number of aryl methyl sites for hydroxylation is 2. The molecular formula is C23H20ClN3O3S2. The van der Waals surface area contributed by atoms with E-state index in [-0.39, 0.29) is 21.7 Å². The molecule has 0 fully saturated rings. The van der Waals surface area contributed by atoms with Crippen LogP contribution in [0.1, 0.15) is 11.1 Å². The number of benzene rings is 3. The van der Waals surface area contributed by atoms with Crippen molar-refractivity contribution >= 4 is 56.0 Å². The van der Waals surface area contributed by atoms with Crippen LogP contribution in [-0.4, -0.2) is 29.0 Å². The lowest BCUT2D eigenvalue weighted by Crippen LogP contribution is -2.17. The van der Waals surface area contributed by atoms with Crippen LogP contribution in [0.2, 0.25) is 5.02 Å². The second kappa shape index (κ2) is 8.97. The summed E-state index contributed by atoms with van der Waals surface area (Å²) in [5, 5.41) is 3.52. The van der Waals surface area contributed by atoms with Crippen LogP contribution in [0, 0.1) is 13.8 Å². The number of halogens is 1. The van der Waals surface area contributed by atoms with Crippen LogP contribution >= 0.6 is 23.4 Å². The van der Waals surface area contributed by atoms with Gasteiger partial charge in [0.05, 0.1) is 21.7 Å². The Morgan fingerprint density at radius 1 is 1.03 bits per heavy atom. The molecule has 4 aromatic rings. The zero-order valence-corrected chi connectivity index (χ0v) is 19.8. The molecule has 0 aliphatic heterocycles. The van der Waals surface area contributed by atoms with Crippen LogP contribution in [0.15, 0.2) is 76.8 Å². The predicted molar refractivity (Wildman–Crippen MR) is 129 cm³/mol. The van der Waals surface area contributed by atoms with Crippen LogP contribution in [0.4, 0.5) is 5.69 Å². The Labute approximate surface area is 195 Å². The van der Waals surface area contributed by atoms with Gasteiger partial charge in [-0.3, -0.25) is 4.79 Å². The lowest BCUT2D eigenvalue weighted by atomic mass is 10.1. The van der Waals surface area contributed by atoms with Gasteiger partial charge in [0.2, 0.25) is 5.91 Å². The first-order valence-corrected chi connectivity index (χ1v) is 12.5. The maximum atomic E-state index is 13.4. The Bertz CT molecular complexity index is 1390. The fourth-order valence-corrected chi connectivity index (χ4v) is 6.03. The minimum Gasteiger partial charge on any atom is -0.325 e. The molecule has 1 heterocycles. The Morgan fingerprint density at radius 2 is 1.69 bits per heavy atom. The lowest BCUT2D eigenvalue weighted by molar-refractivity contribution is -0.113. The van der Waals surface area contributed by atoms with Crippen molar-refractivity contribution < 1.29 is 13.2 Å². The minimum absolute atomic E-state index is 0.00640. The van der Waals surface area contributed by atoms with Gasteiger partial charge < -0.3 is 5.32 Å². The molecule has 0 saturated carbocycles. The van der Waals surface area contributed by atoms with Gasteiger partial charge in [-0.2, -0.15) is 0 Å². The number of anilines is 1.